The van der Waals surface area contributed by atoms with Crippen LogP contribution in [0.25, 0.3) is 0 Å². The molecule has 9 nitrogen and oxygen atoms in total. The summed E-state index contributed by atoms with van der Waals surface area (Å²) in [6, 6.07) is 8.35. The number of carbonyl (C=O) groups is 2. The largest absolute Gasteiger partial charge is 0.493 e. The number of benzene rings is 2. The van der Waals surface area contributed by atoms with Crippen LogP contribution in [0.3, 0.4) is 0 Å². The number of amides is 1. The van der Waals surface area contributed by atoms with Crippen LogP contribution in [0.4, 0.5) is 10.1 Å². The van der Waals surface area contributed by atoms with Gasteiger partial charge in [-0.1, -0.05) is 18.2 Å². The Balaban J connectivity index is 1.99. The van der Waals surface area contributed by atoms with E-state index < -0.39 is 29.1 Å². The van der Waals surface area contributed by atoms with Gasteiger partial charge in [0.15, 0.2) is 18.1 Å². The molecule has 0 fully saturated rings. The monoisotopic (exact) mass is 420 g/mol. The number of esters is 1. The molecular formula is C20H21FN2O7. The van der Waals surface area contributed by atoms with E-state index in [1.54, 1.807) is 25.1 Å². The average Bonchev–Trinajstić information content (AvgIpc) is 2.73. The molecule has 30 heavy (non-hydrogen) atoms. The molecule has 2 aromatic carbocycles. The standard InChI is InChI=1S/C20H21FN2O7/c1-3-29-18-10-14(16(23(26)27)11-17(18)28-2)20(25)30-12-19(24)22-9-8-13-6-4-5-7-15(13)21/h4-7,10-11H,3,8-9,12H2,1-2H3,(H,22,24). The molecule has 0 heterocycles. The second-order valence-corrected chi connectivity index (χ2v) is 5.98. The summed E-state index contributed by atoms with van der Waals surface area (Å²) in [5.41, 5.74) is -0.476. The Labute approximate surface area is 171 Å². The second-order valence-electron chi connectivity index (χ2n) is 5.98. The van der Waals surface area contributed by atoms with Gasteiger partial charge in [0.25, 0.3) is 11.6 Å². The van der Waals surface area contributed by atoms with E-state index >= 15 is 0 Å². The fourth-order valence-electron chi connectivity index (χ4n) is 2.59. The molecule has 10 heteroatoms. The minimum Gasteiger partial charge on any atom is -0.493 e. The zero-order valence-corrected chi connectivity index (χ0v) is 16.5. The number of nitrogens with one attached hydrogen (secondary N) is 1. The van der Waals surface area contributed by atoms with E-state index in [0.29, 0.717) is 5.56 Å². The van der Waals surface area contributed by atoms with Crippen molar-refractivity contribution in [3.63, 3.8) is 0 Å². The van der Waals surface area contributed by atoms with Crippen molar-refractivity contribution in [1.82, 2.24) is 5.32 Å². The van der Waals surface area contributed by atoms with Crippen LogP contribution in [0.2, 0.25) is 0 Å². The lowest BCUT2D eigenvalue weighted by Gasteiger charge is -2.12. The Morgan fingerprint density at radius 2 is 1.93 bits per heavy atom. The lowest BCUT2D eigenvalue weighted by atomic mass is 10.1. The van der Waals surface area contributed by atoms with Gasteiger partial charge in [0.2, 0.25) is 0 Å². The predicted octanol–water partition coefficient (Wildman–Crippen LogP) is 2.66. The number of ether oxygens (including phenoxy) is 3. The highest BCUT2D eigenvalue weighted by molar-refractivity contribution is 5.96. The fraction of sp³-hybridized carbons (Fsp3) is 0.300. The number of nitrogens with zero attached hydrogens (tertiary/aromatic N) is 1. The molecule has 0 aliphatic carbocycles. The van der Waals surface area contributed by atoms with E-state index in [1.165, 1.54) is 13.2 Å². The molecule has 0 saturated heterocycles. The molecule has 1 amide bonds. The van der Waals surface area contributed by atoms with Crippen LogP contribution in [0.15, 0.2) is 36.4 Å². The summed E-state index contributed by atoms with van der Waals surface area (Å²) in [5.74, 6) is -1.84. The van der Waals surface area contributed by atoms with Crippen molar-refractivity contribution in [2.45, 2.75) is 13.3 Å². The number of halogens is 1. The quantitative estimate of drug-likeness (QED) is 0.357. The smallest absolute Gasteiger partial charge is 0.345 e. The van der Waals surface area contributed by atoms with E-state index in [2.05, 4.69) is 5.32 Å². The van der Waals surface area contributed by atoms with Crippen LogP contribution in [-0.4, -0.2) is 43.7 Å². The number of nitro benzene ring substituents is 1. The number of nitro groups is 1. The summed E-state index contributed by atoms with van der Waals surface area (Å²) in [7, 11) is 1.31. The van der Waals surface area contributed by atoms with Crippen molar-refractivity contribution in [2.75, 3.05) is 26.9 Å². The van der Waals surface area contributed by atoms with Gasteiger partial charge >= 0.3 is 5.97 Å². The second kappa shape index (κ2) is 10.7. The van der Waals surface area contributed by atoms with Gasteiger partial charge in [-0.15, -0.1) is 0 Å². The van der Waals surface area contributed by atoms with Crippen LogP contribution in [0, 0.1) is 15.9 Å². The van der Waals surface area contributed by atoms with E-state index in [9.17, 15) is 24.1 Å². The van der Waals surface area contributed by atoms with Crippen molar-refractivity contribution in [1.29, 1.82) is 0 Å². The van der Waals surface area contributed by atoms with Gasteiger partial charge in [-0.05, 0) is 25.0 Å². The zero-order chi connectivity index (χ0) is 22.1. The highest BCUT2D eigenvalue weighted by Crippen LogP contribution is 2.35. The molecule has 0 radical (unpaired) electrons. The lowest BCUT2D eigenvalue weighted by Crippen LogP contribution is -2.30. The van der Waals surface area contributed by atoms with Crippen molar-refractivity contribution >= 4 is 17.6 Å². The average molecular weight is 420 g/mol. The van der Waals surface area contributed by atoms with E-state index in [4.69, 9.17) is 14.2 Å². The molecule has 0 aliphatic heterocycles. The van der Waals surface area contributed by atoms with Crippen LogP contribution < -0.4 is 14.8 Å². The molecule has 0 atom stereocenters. The van der Waals surface area contributed by atoms with E-state index in [-0.39, 0.29) is 42.5 Å². The zero-order valence-electron chi connectivity index (χ0n) is 16.5. The molecule has 2 rings (SSSR count). The maximum absolute atomic E-state index is 13.5. The number of rotatable bonds is 10. The molecule has 1 N–H and O–H groups in total. The third-order valence-corrected chi connectivity index (χ3v) is 4.01. The minimum atomic E-state index is -1.06. The topological polar surface area (TPSA) is 117 Å². The van der Waals surface area contributed by atoms with Crippen molar-refractivity contribution < 1.29 is 33.1 Å². The molecule has 0 spiro atoms. The van der Waals surface area contributed by atoms with Gasteiger partial charge < -0.3 is 19.5 Å². The summed E-state index contributed by atoms with van der Waals surface area (Å²) >= 11 is 0. The summed E-state index contributed by atoms with van der Waals surface area (Å²) in [6.07, 6.45) is 0.258. The summed E-state index contributed by atoms with van der Waals surface area (Å²) < 4.78 is 28.8. The molecule has 0 aromatic heterocycles. The maximum atomic E-state index is 13.5. The van der Waals surface area contributed by atoms with Gasteiger partial charge in [0.1, 0.15) is 11.4 Å². The molecule has 2 aromatic rings. The van der Waals surface area contributed by atoms with Gasteiger partial charge in [0.05, 0.1) is 24.7 Å². The van der Waals surface area contributed by atoms with Crippen molar-refractivity contribution in [3.8, 4) is 11.5 Å². The first-order chi connectivity index (χ1) is 14.4. The summed E-state index contributed by atoms with van der Waals surface area (Å²) in [5, 5.41) is 13.8. The van der Waals surface area contributed by atoms with E-state index in [0.717, 1.165) is 12.1 Å². The normalized spacial score (nSPS) is 10.2. The van der Waals surface area contributed by atoms with Crippen LogP contribution in [0.5, 0.6) is 11.5 Å². The van der Waals surface area contributed by atoms with Crippen LogP contribution in [0.1, 0.15) is 22.8 Å². The van der Waals surface area contributed by atoms with Gasteiger partial charge in [-0.2, -0.15) is 0 Å². The Bertz CT molecular complexity index is 933. The first-order valence-electron chi connectivity index (χ1n) is 9.03. The minimum absolute atomic E-state index is 0.0889. The molecular weight excluding hydrogens is 399 g/mol. The molecule has 0 unspecified atom stereocenters. The van der Waals surface area contributed by atoms with E-state index in [1.807, 2.05) is 0 Å². The van der Waals surface area contributed by atoms with Crippen LogP contribution >= 0.6 is 0 Å². The fourth-order valence-corrected chi connectivity index (χ4v) is 2.59. The number of carbonyl (C=O) groups excluding carboxylic acids is 2. The summed E-state index contributed by atoms with van der Waals surface area (Å²) in [4.78, 5) is 34.7. The van der Waals surface area contributed by atoms with Gasteiger partial charge in [-0.3, -0.25) is 14.9 Å². The Morgan fingerprint density at radius 3 is 2.57 bits per heavy atom. The van der Waals surface area contributed by atoms with Crippen molar-refractivity contribution in [2.24, 2.45) is 0 Å². The predicted molar refractivity (Wildman–Crippen MR) is 104 cm³/mol. The van der Waals surface area contributed by atoms with Crippen molar-refractivity contribution in [3.05, 3.63) is 63.5 Å². The Morgan fingerprint density at radius 1 is 1.20 bits per heavy atom. The third-order valence-electron chi connectivity index (χ3n) is 4.01. The number of hydrogen-bond donors (Lipinski definition) is 1. The molecule has 0 saturated carbocycles. The SMILES string of the molecule is CCOc1cc(C(=O)OCC(=O)NCCc2ccccc2F)c([N+](=O)[O-])cc1OC. The number of hydrogen-bond acceptors (Lipinski definition) is 7. The lowest BCUT2D eigenvalue weighted by molar-refractivity contribution is -0.385. The molecule has 0 bridgehead atoms. The van der Waals surface area contributed by atoms with Gasteiger partial charge in [0, 0.05) is 12.6 Å². The third kappa shape index (κ3) is 5.90. The highest BCUT2D eigenvalue weighted by Gasteiger charge is 2.26. The number of methoxy groups -OCH3 is 1. The first kappa shape index (κ1) is 22.6. The van der Waals surface area contributed by atoms with Crippen LogP contribution in [-0.2, 0) is 16.0 Å². The Kier molecular flexibility index (Phi) is 8.09. The molecule has 160 valence electrons. The van der Waals surface area contributed by atoms with Gasteiger partial charge in [-0.25, -0.2) is 9.18 Å². The Hall–Kier alpha value is -3.69. The summed E-state index contributed by atoms with van der Waals surface area (Å²) in [6.45, 7) is 1.43. The maximum Gasteiger partial charge on any atom is 0.345 e. The first-order valence-corrected chi connectivity index (χ1v) is 9.03. The molecule has 0 aliphatic rings. The highest BCUT2D eigenvalue weighted by atomic mass is 19.1.